The first-order chi connectivity index (χ1) is 12.1. The predicted octanol–water partition coefficient (Wildman–Crippen LogP) is 7.05. The summed E-state index contributed by atoms with van der Waals surface area (Å²) < 4.78 is 7.28. The number of hydrogen-bond acceptors (Lipinski definition) is 0. The SMILES string of the molecule is CC1=CC2=C(CCCC2C)[CH]1[Zr]([CH3])([CH3])(=[SiH2])[CH]1C(C)=CC2=C1CCCC2C. The molecule has 4 unspecified atom stereocenters. The molecule has 0 spiro atoms. The average molecular weight is 446 g/mol. The maximum absolute atomic E-state index is 3.06. The zero-order valence-electron chi connectivity index (χ0n) is 17.9. The molecular weight excluding hydrogens is 408 g/mol. The second kappa shape index (κ2) is 6.28. The second-order valence-electron chi connectivity index (χ2n) is 11.1. The van der Waals surface area contributed by atoms with Crippen LogP contribution in [0.25, 0.3) is 0 Å². The normalized spacial score (nSPS) is 35.3. The van der Waals surface area contributed by atoms with Crippen LogP contribution in [0.1, 0.15) is 66.2 Å². The molecule has 0 radical (unpaired) electrons. The van der Waals surface area contributed by atoms with Gasteiger partial charge in [0.15, 0.2) is 0 Å². The van der Waals surface area contributed by atoms with Gasteiger partial charge in [-0.2, -0.15) is 0 Å². The van der Waals surface area contributed by atoms with Crippen molar-refractivity contribution in [2.24, 2.45) is 11.8 Å². The molecule has 0 saturated heterocycles. The van der Waals surface area contributed by atoms with E-state index < -0.39 is 17.4 Å². The van der Waals surface area contributed by atoms with Crippen LogP contribution in [0.15, 0.2) is 45.6 Å². The van der Waals surface area contributed by atoms with Crippen molar-refractivity contribution in [3.63, 3.8) is 0 Å². The van der Waals surface area contributed by atoms with E-state index in [4.69, 9.17) is 0 Å². The summed E-state index contributed by atoms with van der Waals surface area (Å²) in [5, 5.41) is 0. The van der Waals surface area contributed by atoms with E-state index in [0.29, 0.717) is 0 Å². The Kier molecular flexibility index (Phi) is 4.68. The van der Waals surface area contributed by atoms with E-state index in [9.17, 15) is 0 Å². The van der Waals surface area contributed by atoms with Crippen LogP contribution >= 0.6 is 0 Å². The van der Waals surface area contributed by atoms with Gasteiger partial charge >= 0.3 is 164 Å². The van der Waals surface area contributed by atoms with Gasteiger partial charge in [-0.15, -0.1) is 0 Å². The molecule has 0 aromatic heterocycles. The van der Waals surface area contributed by atoms with E-state index in [2.05, 4.69) is 56.0 Å². The molecule has 0 fully saturated rings. The van der Waals surface area contributed by atoms with E-state index in [1.807, 2.05) is 11.1 Å². The monoisotopic (exact) mass is 444 g/mol. The van der Waals surface area contributed by atoms with Gasteiger partial charge in [0.25, 0.3) is 0 Å². The Bertz CT molecular complexity index is 777. The molecular formula is C24H38SiZr. The molecule has 0 aliphatic heterocycles. The Morgan fingerprint density at radius 2 is 1.19 bits per heavy atom. The van der Waals surface area contributed by atoms with E-state index in [1.165, 1.54) is 38.5 Å². The van der Waals surface area contributed by atoms with Gasteiger partial charge in [0.2, 0.25) is 0 Å². The van der Waals surface area contributed by atoms with Crippen molar-refractivity contribution in [3.8, 4) is 0 Å². The molecule has 0 N–H and O–H groups in total. The summed E-state index contributed by atoms with van der Waals surface area (Å²) in [6.45, 7) is 12.4. The second-order valence-corrected chi connectivity index (χ2v) is 41.6. The van der Waals surface area contributed by atoms with Crippen molar-refractivity contribution in [2.45, 2.75) is 82.7 Å². The van der Waals surface area contributed by atoms with E-state index in [0.717, 1.165) is 19.1 Å². The standard InChI is InChI=1S/2C11H15.2CH3.H2Si.Zr/c2*1-8-6-10-5-3-4-9(2)11(10)7-8;;;;/h2*6-7,9H,3-5H2,1-2H3;2*1H3;1H2;. The molecule has 2 heteroatoms. The minimum absolute atomic E-state index is 0.789. The first kappa shape index (κ1) is 19.4. The quantitative estimate of drug-likeness (QED) is 0.399. The summed E-state index contributed by atoms with van der Waals surface area (Å²) in [4.78, 5) is 0. The van der Waals surface area contributed by atoms with E-state index in [1.54, 1.807) is 22.3 Å². The predicted molar refractivity (Wildman–Crippen MR) is 115 cm³/mol. The minimum atomic E-state index is -3.06. The third-order valence-electron chi connectivity index (χ3n) is 8.24. The van der Waals surface area contributed by atoms with E-state index >= 15 is 0 Å². The van der Waals surface area contributed by atoms with Gasteiger partial charge in [-0.1, -0.05) is 0 Å². The molecule has 4 aliphatic carbocycles. The van der Waals surface area contributed by atoms with Crippen LogP contribution in [-0.4, -0.2) is 6.88 Å². The fourth-order valence-electron chi connectivity index (χ4n) is 7.54. The Morgan fingerprint density at radius 3 is 1.58 bits per heavy atom. The molecule has 0 bridgehead atoms. The zero-order valence-corrected chi connectivity index (χ0v) is 21.8. The fraction of sp³-hybridized carbons (Fsp3) is 0.667. The zero-order chi connectivity index (χ0) is 18.9. The summed E-state index contributed by atoms with van der Waals surface area (Å²) in [6.07, 6.45) is 13.6. The van der Waals surface area contributed by atoms with Crippen molar-refractivity contribution < 1.29 is 17.4 Å². The summed E-state index contributed by atoms with van der Waals surface area (Å²) in [7, 11) is 0. The van der Waals surface area contributed by atoms with Crippen LogP contribution in [0.3, 0.4) is 0 Å². The van der Waals surface area contributed by atoms with Crippen molar-refractivity contribution in [1.82, 2.24) is 0 Å². The van der Waals surface area contributed by atoms with Crippen molar-refractivity contribution >= 4 is 6.88 Å². The third kappa shape index (κ3) is 2.76. The van der Waals surface area contributed by atoms with Crippen LogP contribution in [0.2, 0.25) is 16.5 Å². The molecule has 142 valence electrons. The van der Waals surface area contributed by atoms with Crippen molar-refractivity contribution in [1.29, 1.82) is 0 Å². The molecule has 26 heavy (non-hydrogen) atoms. The van der Waals surface area contributed by atoms with Gasteiger partial charge in [0.05, 0.1) is 0 Å². The van der Waals surface area contributed by atoms with Crippen LogP contribution < -0.4 is 0 Å². The molecule has 0 amide bonds. The van der Waals surface area contributed by atoms with Gasteiger partial charge < -0.3 is 0 Å². The summed E-state index contributed by atoms with van der Waals surface area (Å²) in [6, 6.07) is 0. The van der Waals surface area contributed by atoms with Crippen LogP contribution in [-0.2, 0) is 17.4 Å². The van der Waals surface area contributed by atoms with Gasteiger partial charge in [0.1, 0.15) is 0 Å². The molecule has 4 rings (SSSR count). The van der Waals surface area contributed by atoms with Crippen LogP contribution in [0, 0.1) is 11.8 Å². The van der Waals surface area contributed by atoms with Crippen molar-refractivity contribution in [2.75, 3.05) is 0 Å². The van der Waals surface area contributed by atoms with Gasteiger partial charge in [-0.3, -0.25) is 0 Å². The van der Waals surface area contributed by atoms with Crippen LogP contribution in [0.4, 0.5) is 0 Å². The number of rotatable bonds is 2. The number of allylic oxidation sites excluding steroid dienone is 8. The summed E-state index contributed by atoms with van der Waals surface area (Å²) in [5.41, 5.74) is 10.7. The average Bonchev–Trinajstić information content (AvgIpc) is 3.06. The molecule has 0 heterocycles. The molecule has 0 aromatic carbocycles. The first-order valence-electron chi connectivity index (χ1n) is 11.0. The Hall–Kier alpha value is 0.0600. The van der Waals surface area contributed by atoms with Crippen LogP contribution in [0.5, 0.6) is 0 Å². The molecule has 0 nitrogen and oxygen atoms in total. The third-order valence-corrected chi connectivity index (χ3v) is 26.3. The van der Waals surface area contributed by atoms with Gasteiger partial charge in [0, 0.05) is 0 Å². The Balaban J connectivity index is 1.84. The maximum atomic E-state index is 2.81. The fourth-order valence-corrected chi connectivity index (χ4v) is 30.0. The Labute approximate surface area is 163 Å². The Morgan fingerprint density at radius 1 is 0.808 bits per heavy atom. The van der Waals surface area contributed by atoms with Gasteiger partial charge in [-0.05, 0) is 0 Å². The molecule has 0 aromatic rings. The summed E-state index contributed by atoms with van der Waals surface area (Å²) >= 11 is -3.06. The van der Waals surface area contributed by atoms with Crippen molar-refractivity contribution in [3.05, 3.63) is 45.6 Å². The molecule has 4 atom stereocenters. The molecule has 0 saturated carbocycles. The topological polar surface area (TPSA) is 0 Å². The summed E-state index contributed by atoms with van der Waals surface area (Å²) in [5.74, 6) is 1.58. The number of hydrogen-bond donors (Lipinski definition) is 0. The van der Waals surface area contributed by atoms with Gasteiger partial charge in [-0.25, -0.2) is 0 Å². The van der Waals surface area contributed by atoms with E-state index in [-0.39, 0.29) is 0 Å². The first-order valence-corrected chi connectivity index (χ1v) is 24.7. The molecule has 4 aliphatic rings.